The summed E-state index contributed by atoms with van der Waals surface area (Å²) in [6, 6.07) is 11.6. The van der Waals surface area contributed by atoms with E-state index in [1.54, 1.807) is 13.0 Å². The summed E-state index contributed by atoms with van der Waals surface area (Å²) in [6.07, 6.45) is 10.4. The normalized spacial score (nSPS) is 10.9. The van der Waals surface area contributed by atoms with Gasteiger partial charge in [-0.3, -0.25) is 4.79 Å². The molecule has 0 atom stereocenters. The predicted molar refractivity (Wildman–Crippen MR) is 123 cm³/mol. The average Bonchev–Trinajstić information content (AvgIpc) is 2.78. The van der Waals surface area contributed by atoms with Crippen LogP contribution in [-0.4, -0.2) is 30.1 Å². The molecule has 0 aromatic heterocycles. The van der Waals surface area contributed by atoms with E-state index in [1.807, 2.05) is 24.3 Å². The van der Waals surface area contributed by atoms with Crippen LogP contribution in [0.1, 0.15) is 78.7 Å². The Morgan fingerprint density at radius 1 is 0.935 bits per heavy atom. The fourth-order valence-corrected chi connectivity index (χ4v) is 3.08. The Kier molecular flexibility index (Phi) is 10.4. The van der Waals surface area contributed by atoms with Crippen molar-refractivity contribution >= 4 is 17.8 Å². The number of aromatic hydroxyl groups is 1. The van der Waals surface area contributed by atoms with Gasteiger partial charge in [-0.1, -0.05) is 57.2 Å². The predicted octanol–water partition coefficient (Wildman–Crippen LogP) is 6.20. The molecule has 0 radical (unpaired) electrons. The molecule has 0 bridgehead atoms. The van der Waals surface area contributed by atoms with Gasteiger partial charge in [-0.05, 0) is 55.3 Å². The van der Waals surface area contributed by atoms with E-state index in [9.17, 15) is 14.7 Å². The molecule has 2 aromatic carbocycles. The topological polar surface area (TPSA) is 72.8 Å². The van der Waals surface area contributed by atoms with E-state index in [1.165, 1.54) is 56.4 Å². The Morgan fingerprint density at radius 3 is 2.35 bits per heavy atom. The molecule has 31 heavy (non-hydrogen) atoms. The number of phenols is 1. The van der Waals surface area contributed by atoms with Gasteiger partial charge in [-0.2, -0.15) is 0 Å². The van der Waals surface area contributed by atoms with Crippen molar-refractivity contribution in [2.24, 2.45) is 0 Å². The highest BCUT2D eigenvalue weighted by molar-refractivity contribution is 6.09. The Bertz CT molecular complexity index is 868. The standard InChI is InChI=1S/C26H32O5/c1-3-5-6-7-8-9-18-31-22-14-10-20(11-15-22)12-16-24(27)23-19-21(13-17-25(23)28)26(29)30-4-2/h10-17,19,28H,3-9,18H2,1-2H3/b16-12+. The molecule has 0 saturated carbocycles. The molecule has 5 heteroatoms. The highest BCUT2D eigenvalue weighted by atomic mass is 16.5. The van der Waals surface area contributed by atoms with Gasteiger partial charge >= 0.3 is 5.97 Å². The lowest BCUT2D eigenvalue weighted by Gasteiger charge is -2.06. The fourth-order valence-electron chi connectivity index (χ4n) is 3.08. The van der Waals surface area contributed by atoms with E-state index in [4.69, 9.17) is 9.47 Å². The summed E-state index contributed by atoms with van der Waals surface area (Å²) in [4.78, 5) is 24.3. The quantitative estimate of drug-likeness (QED) is 0.179. The van der Waals surface area contributed by atoms with E-state index >= 15 is 0 Å². The molecule has 0 spiro atoms. The van der Waals surface area contributed by atoms with Gasteiger partial charge in [0, 0.05) is 0 Å². The van der Waals surface area contributed by atoms with E-state index in [2.05, 4.69) is 6.92 Å². The number of esters is 1. The SMILES string of the molecule is CCCCCCCCOc1ccc(/C=C/C(=O)c2cc(C(=O)OCC)ccc2O)cc1. The second-order valence-corrected chi connectivity index (χ2v) is 7.34. The smallest absolute Gasteiger partial charge is 0.338 e. The molecule has 0 aliphatic rings. The number of carbonyl (C=O) groups excluding carboxylic acids is 2. The number of unbranched alkanes of at least 4 members (excludes halogenated alkanes) is 5. The number of carbonyl (C=O) groups is 2. The Balaban J connectivity index is 1.88. The number of ether oxygens (including phenoxy) is 2. The second kappa shape index (κ2) is 13.3. The highest BCUT2D eigenvalue weighted by Crippen LogP contribution is 2.21. The van der Waals surface area contributed by atoms with Gasteiger partial charge < -0.3 is 14.6 Å². The molecular formula is C26H32O5. The molecule has 2 aromatic rings. The third kappa shape index (κ3) is 8.28. The molecule has 5 nitrogen and oxygen atoms in total. The summed E-state index contributed by atoms with van der Waals surface area (Å²) in [5.74, 6) is -0.304. The molecule has 2 rings (SSSR count). The first kappa shape index (κ1) is 24.2. The lowest BCUT2D eigenvalue weighted by molar-refractivity contribution is 0.0526. The second-order valence-electron chi connectivity index (χ2n) is 7.34. The van der Waals surface area contributed by atoms with Gasteiger partial charge in [-0.15, -0.1) is 0 Å². The van der Waals surface area contributed by atoms with Crippen molar-refractivity contribution < 1.29 is 24.2 Å². The van der Waals surface area contributed by atoms with E-state index in [0.717, 1.165) is 17.7 Å². The number of rotatable bonds is 13. The van der Waals surface area contributed by atoms with Crippen molar-refractivity contribution in [3.05, 3.63) is 65.2 Å². The molecule has 0 heterocycles. The van der Waals surface area contributed by atoms with Crippen LogP contribution in [0.15, 0.2) is 48.5 Å². The summed E-state index contributed by atoms with van der Waals surface area (Å²) >= 11 is 0. The van der Waals surface area contributed by atoms with Gasteiger partial charge in [0.2, 0.25) is 0 Å². The van der Waals surface area contributed by atoms with Crippen LogP contribution in [0, 0.1) is 0 Å². The Labute approximate surface area is 184 Å². The summed E-state index contributed by atoms with van der Waals surface area (Å²) in [7, 11) is 0. The van der Waals surface area contributed by atoms with E-state index < -0.39 is 11.8 Å². The lowest BCUT2D eigenvalue weighted by atomic mass is 10.0. The van der Waals surface area contributed by atoms with Gasteiger partial charge in [0.1, 0.15) is 11.5 Å². The van der Waals surface area contributed by atoms with E-state index in [0.29, 0.717) is 6.61 Å². The first-order chi connectivity index (χ1) is 15.0. The van der Waals surface area contributed by atoms with E-state index in [-0.39, 0.29) is 23.5 Å². The molecule has 1 N–H and O–H groups in total. The largest absolute Gasteiger partial charge is 0.507 e. The van der Waals surface area contributed by atoms with Crippen LogP contribution in [0.25, 0.3) is 6.08 Å². The molecular weight excluding hydrogens is 392 g/mol. The van der Waals surface area contributed by atoms with Crippen LogP contribution in [0.3, 0.4) is 0 Å². The number of hydrogen-bond donors (Lipinski definition) is 1. The molecule has 166 valence electrons. The van der Waals surface area contributed by atoms with Gasteiger partial charge in [-0.25, -0.2) is 4.79 Å². The first-order valence-corrected chi connectivity index (χ1v) is 11.0. The molecule has 0 saturated heterocycles. The van der Waals surface area contributed by atoms with Crippen molar-refractivity contribution in [2.45, 2.75) is 52.4 Å². The summed E-state index contributed by atoms with van der Waals surface area (Å²) in [6.45, 7) is 4.86. The van der Waals surface area contributed by atoms with Crippen molar-refractivity contribution in [3.8, 4) is 11.5 Å². The Morgan fingerprint density at radius 2 is 1.65 bits per heavy atom. The van der Waals surface area contributed by atoms with Crippen LogP contribution in [0.4, 0.5) is 0 Å². The highest BCUT2D eigenvalue weighted by Gasteiger charge is 2.14. The number of phenolic OH excluding ortho intramolecular Hbond substituents is 1. The Hall–Kier alpha value is -3.08. The number of hydrogen-bond acceptors (Lipinski definition) is 5. The minimum absolute atomic E-state index is 0.0562. The average molecular weight is 425 g/mol. The number of benzene rings is 2. The minimum Gasteiger partial charge on any atom is -0.507 e. The summed E-state index contributed by atoms with van der Waals surface area (Å²) in [5, 5.41) is 9.99. The third-order valence-corrected chi connectivity index (χ3v) is 4.85. The van der Waals surface area contributed by atoms with Crippen LogP contribution in [-0.2, 0) is 4.74 Å². The molecule has 0 aliphatic carbocycles. The van der Waals surface area contributed by atoms with Crippen LogP contribution in [0.2, 0.25) is 0 Å². The fraction of sp³-hybridized carbons (Fsp3) is 0.385. The van der Waals surface area contributed by atoms with Gasteiger partial charge in [0.15, 0.2) is 5.78 Å². The van der Waals surface area contributed by atoms with Crippen LogP contribution >= 0.6 is 0 Å². The third-order valence-electron chi connectivity index (χ3n) is 4.85. The van der Waals surface area contributed by atoms with Crippen LogP contribution in [0.5, 0.6) is 11.5 Å². The zero-order valence-electron chi connectivity index (χ0n) is 18.4. The minimum atomic E-state index is -0.530. The maximum atomic E-state index is 12.5. The molecule has 0 amide bonds. The maximum Gasteiger partial charge on any atom is 0.338 e. The monoisotopic (exact) mass is 424 g/mol. The first-order valence-electron chi connectivity index (χ1n) is 11.0. The van der Waals surface area contributed by atoms with Crippen molar-refractivity contribution in [1.82, 2.24) is 0 Å². The zero-order valence-corrected chi connectivity index (χ0v) is 18.4. The summed E-state index contributed by atoms with van der Waals surface area (Å²) < 4.78 is 10.7. The zero-order chi connectivity index (χ0) is 22.5. The molecule has 0 aliphatic heterocycles. The van der Waals surface area contributed by atoms with Crippen molar-refractivity contribution in [3.63, 3.8) is 0 Å². The van der Waals surface area contributed by atoms with Crippen molar-refractivity contribution in [2.75, 3.05) is 13.2 Å². The maximum absolute atomic E-state index is 12.5. The molecule has 0 fully saturated rings. The molecule has 0 unspecified atom stereocenters. The summed E-state index contributed by atoms with van der Waals surface area (Å²) in [5.41, 5.74) is 1.12. The lowest BCUT2D eigenvalue weighted by Crippen LogP contribution is -2.06. The van der Waals surface area contributed by atoms with Crippen LogP contribution < -0.4 is 4.74 Å². The van der Waals surface area contributed by atoms with Gasteiger partial charge in [0.25, 0.3) is 0 Å². The number of ketones is 1. The van der Waals surface area contributed by atoms with Gasteiger partial charge in [0.05, 0.1) is 24.3 Å². The number of allylic oxidation sites excluding steroid dienone is 1. The van der Waals surface area contributed by atoms with Crippen molar-refractivity contribution in [1.29, 1.82) is 0 Å².